The average molecular weight is 347 g/mol. The minimum absolute atomic E-state index is 0.206. The van der Waals surface area contributed by atoms with Crippen molar-refractivity contribution in [2.24, 2.45) is 0 Å². The Morgan fingerprint density at radius 3 is 2.70 bits per heavy atom. The predicted octanol–water partition coefficient (Wildman–Crippen LogP) is 3.89. The van der Waals surface area contributed by atoms with Gasteiger partial charge in [-0.1, -0.05) is 58.7 Å². The fourth-order valence-corrected chi connectivity index (χ4v) is 2.37. The first-order valence-electron chi connectivity index (χ1n) is 6.82. The Kier molecular flexibility index (Phi) is 4.60. The number of carbonyl (C=O) groups is 1. The van der Waals surface area contributed by atoms with Gasteiger partial charge in [-0.05, 0) is 23.8 Å². The van der Waals surface area contributed by atoms with Crippen LogP contribution in [0.15, 0.2) is 54.7 Å². The molecule has 116 valence electrons. The molecule has 5 nitrogen and oxygen atoms in total. The third kappa shape index (κ3) is 3.88. The van der Waals surface area contributed by atoms with Crippen LogP contribution in [-0.2, 0) is 6.54 Å². The van der Waals surface area contributed by atoms with Crippen LogP contribution in [0.1, 0.15) is 16.1 Å². The number of hydrogen-bond donors (Lipinski definition) is 1. The molecule has 2 aromatic carbocycles. The molecule has 0 aliphatic heterocycles. The van der Waals surface area contributed by atoms with Crippen molar-refractivity contribution in [3.63, 3.8) is 0 Å². The molecule has 23 heavy (non-hydrogen) atoms. The number of hydrogen-bond acceptors (Lipinski definition) is 3. The van der Waals surface area contributed by atoms with E-state index >= 15 is 0 Å². The number of aromatic nitrogens is 3. The Labute approximate surface area is 142 Å². The van der Waals surface area contributed by atoms with E-state index in [0.29, 0.717) is 22.3 Å². The second-order valence-corrected chi connectivity index (χ2v) is 5.71. The van der Waals surface area contributed by atoms with Crippen molar-refractivity contribution in [3.8, 4) is 0 Å². The van der Waals surface area contributed by atoms with E-state index in [1.807, 2.05) is 30.3 Å². The molecule has 0 aliphatic carbocycles. The largest absolute Gasteiger partial charge is 0.319 e. The van der Waals surface area contributed by atoms with Gasteiger partial charge in [-0.2, -0.15) is 0 Å². The van der Waals surface area contributed by atoms with Crippen molar-refractivity contribution in [3.05, 3.63) is 76.0 Å². The quantitative estimate of drug-likeness (QED) is 0.779. The van der Waals surface area contributed by atoms with Gasteiger partial charge in [0.15, 0.2) is 5.69 Å². The fraction of sp³-hybridized carbons (Fsp3) is 0.0625. The maximum absolute atomic E-state index is 12.2. The lowest BCUT2D eigenvalue weighted by Gasteiger charge is -2.05. The third-order valence-corrected chi connectivity index (χ3v) is 3.70. The van der Waals surface area contributed by atoms with E-state index in [1.54, 1.807) is 29.1 Å². The van der Waals surface area contributed by atoms with Gasteiger partial charge in [0, 0.05) is 5.02 Å². The number of nitrogens with zero attached hydrogens (tertiary/aromatic N) is 3. The number of benzene rings is 2. The Morgan fingerprint density at radius 1 is 1.13 bits per heavy atom. The Bertz CT molecular complexity index is 833. The molecule has 0 aliphatic rings. The molecule has 0 bridgehead atoms. The summed E-state index contributed by atoms with van der Waals surface area (Å²) in [4.78, 5) is 12.2. The van der Waals surface area contributed by atoms with E-state index in [2.05, 4.69) is 15.6 Å². The van der Waals surface area contributed by atoms with Crippen LogP contribution in [0.25, 0.3) is 0 Å². The summed E-state index contributed by atoms with van der Waals surface area (Å²) in [5, 5.41) is 11.4. The number of amides is 1. The van der Waals surface area contributed by atoms with Crippen molar-refractivity contribution in [2.45, 2.75) is 6.54 Å². The lowest BCUT2D eigenvalue weighted by Crippen LogP contribution is -2.12. The van der Waals surface area contributed by atoms with E-state index in [-0.39, 0.29) is 5.69 Å². The fourth-order valence-electron chi connectivity index (χ4n) is 2.03. The zero-order valence-corrected chi connectivity index (χ0v) is 13.4. The average Bonchev–Trinajstić information content (AvgIpc) is 3.00. The zero-order valence-electron chi connectivity index (χ0n) is 11.9. The molecule has 0 saturated carbocycles. The first-order valence-corrected chi connectivity index (χ1v) is 7.58. The van der Waals surface area contributed by atoms with Crippen molar-refractivity contribution in [2.75, 3.05) is 5.32 Å². The van der Waals surface area contributed by atoms with Crippen molar-refractivity contribution < 1.29 is 4.79 Å². The van der Waals surface area contributed by atoms with Gasteiger partial charge in [0.25, 0.3) is 5.91 Å². The van der Waals surface area contributed by atoms with Crippen molar-refractivity contribution in [1.82, 2.24) is 15.0 Å². The van der Waals surface area contributed by atoms with E-state index in [1.165, 1.54) is 0 Å². The molecular formula is C16H12Cl2N4O. The van der Waals surface area contributed by atoms with Crippen LogP contribution >= 0.6 is 23.2 Å². The first-order chi connectivity index (χ1) is 11.1. The van der Waals surface area contributed by atoms with E-state index in [0.717, 1.165) is 5.56 Å². The molecule has 3 aromatic rings. The van der Waals surface area contributed by atoms with Crippen LogP contribution in [0, 0.1) is 0 Å². The summed E-state index contributed by atoms with van der Waals surface area (Å²) in [6.07, 6.45) is 1.58. The third-order valence-electron chi connectivity index (χ3n) is 3.14. The van der Waals surface area contributed by atoms with E-state index in [4.69, 9.17) is 23.2 Å². The smallest absolute Gasteiger partial charge is 0.277 e. The predicted molar refractivity (Wildman–Crippen MR) is 90.0 cm³/mol. The minimum atomic E-state index is -0.395. The second-order valence-electron chi connectivity index (χ2n) is 4.87. The highest BCUT2D eigenvalue weighted by atomic mass is 35.5. The van der Waals surface area contributed by atoms with Gasteiger partial charge in [0.1, 0.15) is 0 Å². The van der Waals surface area contributed by atoms with Crippen molar-refractivity contribution >= 4 is 34.8 Å². The highest BCUT2D eigenvalue weighted by Crippen LogP contribution is 2.25. The molecule has 0 spiro atoms. The molecule has 0 radical (unpaired) electrons. The van der Waals surface area contributed by atoms with Crippen LogP contribution in [0.4, 0.5) is 5.69 Å². The normalized spacial score (nSPS) is 10.5. The van der Waals surface area contributed by atoms with Crippen LogP contribution in [0.5, 0.6) is 0 Å². The maximum Gasteiger partial charge on any atom is 0.277 e. The number of nitrogens with one attached hydrogen (secondary N) is 1. The van der Waals surface area contributed by atoms with Gasteiger partial charge in [-0.15, -0.1) is 5.10 Å². The summed E-state index contributed by atoms with van der Waals surface area (Å²) >= 11 is 11.9. The van der Waals surface area contributed by atoms with Gasteiger partial charge < -0.3 is 5.32 Å². The molecule has 1 aromatic heterocycles. The summed E-state index contributed by atoms with van der Waals surface area (Å²) in [5.74, 6) is -0.395. The zero-order chi connectivity index (χ0) is 16.2. The minimum Gasteiger partial charge on any atom is -0.319 e. The molecule has 0 saturated heterocycles. The summed E-state index contributed by atoms with van der Waals surface area (Å²) in [6, 6.07) is 14.6. The number of anilines is 1. The summed E-state index contributed by atoms with van der Waals surface area (Å²) < 4.78 is 1.60. The van der Waals surface area contributed by atoms with Crippen LogP contribution in [0.3, 0.4) is 0 Å². The first kappa shape index (κ1) is 15.5. The molecule has 7 heteroatoms. The van der Waals surface area contributed by atoms with Gasteiger partial charge in [0.2, 0.25) is 0 Å². The summed E-state index contributed by atoms with van der Waals surface area (Å²) in [6.45, 7) is 0.541. The van der Waals surface area contributed by atoms with Crippen LogP contribution in [-0.4, -0.2) is 20.9 Å². The van der Waals surface area contributed by atoms with Crippen LogP contribution < -0.4 is 5.32 Å². The van der Waals surface area contributed by atoms with Gasteiger partial charge in [-0.3, -0.25) is 4.79 Å². The van der Waals surface area contributed by atoms with Crippen molar-refractivity contribution in [1.29, 1.82) is 0 Å². The summed E-state index contributed by atoms with van der Waals surface area (Å²) in [5.41, 5.74) is 1.71. The maximum atomic E-state index is 12.2. The second kappa shape index (κ2) is 6.81. The molecule has 1 amide bonds. The van der Waals surface area contributed by atoms with Gasteiger partial charge in [0.05, 0.1) is 23.5 Å². The topological polar surface area (TPSA) is 59.8 Å². The highest BCUT2D eigenvalue weighted by molar-refractivity contribution is 6.35. The highest BCUT2D eigenvalue weighted by Gasteiger charge is 2.13. The molecule has 3 rings (SSSR count). The molecular weight excluding hydrogens is 335 g/mol. The Morgan fingerprint density at radius 2 is 1.91 bits per heavy atom. The monoisotopic (exact) mass is 346 g/mol. The molecule has 1 heterocycles. The lowest BCUT2D eigenvalue weighted by atomic mass is 10.2. The standard InChI is InChI=1S/C16H12Cl2N4O/c17-12-6-7-13(18)14(8-12)19-16(23)15-10-22(21-20-15)9-11-4-2-1-3-5-11/h1-8,10H,9H2,(H,19,23). The van der Waals surface area contributed by atoms with Crippen LogP contribution in [0.2, 0.25) is 10.0 Å². The number of rotatable bonds is 4. The molecule has 1 N–H and O–H groups in total. The number of halogens is 2. The van der Waals surface area contributed by atoms with Gasteiger partial charge in [-0.25, -0.2) is 4.68 Å². The Hall–Kier alpha value is -2.37. The van der Waals surface area contributed by atoms with E-state index < -0.39 is 5.91 Å². The number of carbonyl (C=O) groups excluding carboxylic acids is 1. The molecule has 0 unspecified atom stereocenters. The molecule has 0 fully saturated rings. The van der Waals surface area contributed by atoms with E-state index in [9.17, 15) is 4.79 Å². The SMILES string of the molecule is O=C(Nc1cc(Cl)ccc1Cl)c1cn(Cc2ccccc2)nn1. The Balaban J connectivity index is 1.72. The summed E-state index contributed by atoms with van der Waals surface area (Å²) in [7, 11) is 0. The molecule has 0 atom stereocenters. The van der Waals surface area contributed by atoms with Gasteiger partial charge >= 0.3 is 0 Å². The lowest BCUT2D eigenvalue weighted by molar-refractivity contribution is 0.102.